The van der Waals surface area contributed by atoms with Gasteiger partial charge in [-0.3, -0.25) is 30.6 Å². The zero-order valence-electron chi connectivity index (χ0n) is 12.7. The normalized spacial score (nSPS) is 11.5. The molecule has 0 saturated heterocycles. The number of carboxylic acids is 1. The van der Waals surface area contributed by atoms with Crippen LogP contribution < -0.4 is 16.2 Å². The molecule has 0 fully saturated rings. The Kier molecular flexibility index (Phi) is 6.09. The first-order valence-corrected chi connectivity index (χ1v) is 7.19. The first kappa shape index (κ1) is 17.2. The number of carboxylic acid groups (broad SMARTS) is 1. The molecule has 8 heteroatoms. The van der Waals surface area contributed by atoms with Crippen LogP contribution in [0.5, 0.6) is 0 Å². The molecule has 1 aromatic carbocycles. The van der Waals surface area contributed by atoms with Crippen LogP contribution in [-0.4, -0.2) is 28.9 Å². The third kappa shape index (κ3) is 5.25. The Bertz CT molecular complexity index is 685. The fraction of sp³-hybridized carbons (Fsp3) is 0.188. The van der Waals surface area contributed by atoms with Gasteiger partial charge in [0.15, 0.2) is 0 Å². The third-order valence-corrected chi connectivity index (χ3v) is 3.13. The minimum atomic E-state index is -1.14. The highest BCUT2D eigenvalue weighted by atomic mass is 16.4. The van der Waals surface area contributed by atoms with Gasteiger partial charge >= 0.3 is 5.97 Å². The molecular weight excluding hydrogens is 314 g/mol. The number of rotatable bonds is 7. The van der Waals surface area contributed by atoms with Crippen molar-refractivity contribution >= 4 is 17.8 Å². The summed E-state index contributed by atoms with van der Waals surface area (Å²) in [5.41, 5.74) is 4.84. The van der Waals surface area contributed by atoms with Crippen molar-refractivity contribution in [2.24, 2.45) is 0 Å². The fourth-order valence-electron chi connectivity index (χ4n) is 1.94. The summed E-state index contributed by atoms with van der Waals surface area (Å²) >= 11 is 0. The van der Waals surface area contributed by atoms with E-state index >= 15 is 0 Å². The van der Waals surface area contributed by atoms with Crippen LogP contribution in [0.1, 0.15) is 22.5 Å². The second kappa shape index (κ2) is 8.49. The summed E-state index contributed by atoms with van der Waals surface area (Å²) in [4.78, 5) is 34.9. The quantitative estimate of drug-likeness (QED) is 0.554. The molecule has 1 aromatic heterocycles. The van der Waals surface area contributed by atoms with Gasteiger partial charge in [0, 0.05) is 5.56 Å². The molecule has 24 heavy (non-hydrogen) atoms. The first-order chi connectivity index (χ1) is 11.6. The second-order valence-corrected chi connectivity index (χ2v) is 4.92. The second-order valence-electron chi connectivity index (χ2n) is 4.92. The standard InChI is InChI=1S/C16H17N3O5/c20-14(21)9-13(17-10-12-7-4-8-24-12)16(23)19-18-15(22)11-5-2-1-3-6-11/h1-8,13,17H,9-10H2,(H,18,22)(H,19,23)(H,20,21). The van der Waals surface area contributed by atoms with Gasteiger partial charge in [0.05, 0.1) is 25.3 Å². The first-order valence-electron chi connectivity index (χ1n) is 7.19. The molecule has 0 aliphatic carbocycles. The smallest absolute Gasteiger partial charge is 0.305 e. The zero-order chi connectivity index (χ0) is 17.4. The molecule has 2 amide bonds. The zero-order valence-corrected chi connectivity index (χ0v) is 12.7. The van der Waals surface area contributed by atoms with Gasteiger partial charge in [-0.25, -0.2) is 0 Å². The van der Waals surface area contributed by atoms with Gasteiger partial charge in [0.2, 0.25) is 0 Å². The molecule has 0 spiro atoms. The number of carbonyl (C=O) groups excluding carboxylic acids is 2. The Morgan fingerprint density at radius 1 is 1.04 bits per heavy atom. The summed E-state index contributed by atoms with van der Waals surface area (Å²) < 4.78 is 5.11. The molecule has 0 aliphatic heterocycles. The van der Waals surface area contributed by atoms with Crippen LogP contribution in [0, 0.1) is 0 Å². The highest BCUT2D eigenvalue weighted by Gasteiger charge is 2.22. The van der Waals surface area contributed by atoms with Crippen molar-refractivity contribution in [1.82, 2.24) is 16.2 Å². The van der Waals surface area contributed by atoms with Gasteiger partial charge in [-0.05, 0) is 24.3 Å². The van der Waals surface area contributed by atoms with Crippen LogP contribution in [0.4, 0.5) is 0 Å². The van der Waals surface area contributed by atoms with E-state index in [1.54, 1.807) is 42.5 Å². The van der Waals surface area contributed by atoms with Crippen molar-refractivity contribution in [3.05, 3.63) is 60.1 Å². The van der Waals surface area contributed by atoms with Crippen LogP contribution in [0.15, 0.2) is 53.1 Å². The Labute approximate surface area is 137 Å². The number of hydrazine groups is 1. The Morgan fingerprint density at radius 2 is 1.79 bits per heavy atom. The molecule has 4 N–H and O–H groups in total. The molecule has 1 heterocycles. The topological polar surface area (TPSA) is 121 Å². The predicted octanol–water partition coefficient (Wildman–Crippen LogP) is 0.674. The summed E-state index contributed by atoms with van der Waals surface area (Å²) in [6.45, 7) is 0.186. The molecule has 2 rings (SSSR count). The SMILES string of the molecule is O=C(O)CC(NCc1ccco1)C(=O)NNC(=O)c1ccccc1. The van der Waals surface area contributed by atoms with Crippen molar-refractivity contribution in [2.45, 2.75) is 19.0 Å². The molecule has 1 atom stereocenters. The Hall–Kier alpha value is -3.13. The molecule has 0 saturated carbocycles. The highest BCUT2D eigenvalue weighted by Crippen LogP contribution is 2.02. The Balaban J connectivity index is 1.89. The number of hydrogen-bond acceptors (Lipinski definition) is 5. The number of aliphatic carboxylic acids is 1. The van der Waals surface area contributed by atoms with Crippen LogP contribution in [0.3, 0.4) is 0 Å². The van der Waals surface area contributed by atoms with E-state index in [1.807, 2.05) is 0 Å². The molecule has 1 unspecified atom stereocenters. The van der Waals surface area contributed by atoms with Crippen LogP contribution >= 0.6 is 0 Å². The summed E-state index contributed by atoms with van der Waals surface area (Å²) in [5, 5.41) is 11.7. The maximum Gasteiger partial charge on any atom is 0.305 e. The van der Waals surface area contributed by atoms with E-state index in [1.165, 1.54) is 6.26 Å². The number of carbonyl (C=O) groups is 3. The third-order valence-electron chi connectivity index (χ3n) is 3.13. The lowest BCUT2D eigenvalue weighted by atomic mass is 10.2. The van der Waals surface area contributed by atoms with Gasteiger partial charge < -0.3 is 9.52 Å². The largest absolute Gasteiger partial charge is 0.481 e. The lowest BCUT2D eigenvalue weighted by molar-refractivity contribution is -0.140. The number of benzene rings is 1. The average molecular weight is 331 g/mol. The van der Waals surface area contributed by atoms with Gasteiger partial charge in [-0.1, -0.05) is 18.2 Å². The lowest BCUT2D eigenvalue weighted by Gasteiger charge is -2.16. The number of nitrogens with one attached hydrogen (secondary N) is 3. The van der Waals surface area contributed by atoms with Crippen LogP contribution in [0.25, 0.3) is 0 Å². The fourth-order valence-corrected chi connectivity index (χ4v) is 1.94. The van der Waals surface area contributed by atoms with Crippen LogP contribution in [-0.2, 0) is 16.1 Å². The molecule has 0 bridgehead atoms. The van der Waals surface area contributed by atoms with E-state index in [-0.39, 0.29) is 6.54 Å². The van der Waals surface area contributed by atoms with E-state index < -0.39 is 30.2 Å². The molecular formula is C16H17N3O5. The minimum absolute atomic E-state index is 0.186. The molecule has 0 radical (unpaired) electrons. The molecule has 8 nitrogen and oxygen atoms in total. The van der Waals surface area contributed by atoms with Gasteiger partial charge in [0.1, 0.15) is 5.76 Å². The molecule has 0 aliphatic rings. The molecule has 126 valence electrons. The minimum Gasteiger partial charge on any atom is -0.481 e. The van der Waals surface area contributed by atoms with Crippen molar-refractivity contribution in [2.75, 3.05) is 0 Å². The monoisotopic (exact) mass is 331 g/mol. The van der Waals surface area contributed by atoms with Crippen LogP contribution in [0.2, 0.25) is 0 Å². The average Bonchev–Trinajstić information content (AvgIpc) is 3.10. The molecule has 2 aromatic rings. The van der Waals surface area contributed by atoms with Gasteiger partial charge in [-0.2, -0.15) is 0 Å². The number of hydrogen-bond donors (Lipinski definition) is 4. The van der Waals surface area contributed by atoms with E-state index in [0.29, 0.717) is 11.3 Å². The maximum atomic E-state index is 12.1. The van der Waals surface area contributed by atoms with Crippen molar-refractivity contribution in [3.8, 4) is 0 Å². The van der Waals surface area contributed by atoms with Gasteiger partial charge in [-0.15, -0.1) is 0 Å². The predicted molar refractivity (Wildman–Crippen MR) is 83.6 cm³/mol. The van der Waals surface area contributed by atoms with Crippen molar-refractivity contribution in [3.63, 3.8) is 0 Å². The van der Waals surface area contributed by atoms with Crippen molar-refractivity contribution in [1.29, 1.82) is 0 Å². The summed E-state index contributed by atoms with van der Waals surface area (Å²) in [7, 11) is 0. The maximum absolute atomic E-state index is 12.1. The summed E-state index contributed by atoms with van der Waals surface area (Å²) in [6, 6.07) is 10.7. The van der Waals surface area contributed by atoms with E-state index in [0.717, 1.165) is 0 Å². The lowest BCUT2D eigenvalue weighted by Crippen LogP contribution is -2.51. The number of amides is 2. The summed E-state index contributed by atoms with van der Waals surface area (Å²) in [6.07, 6.45) is 1.04. The van der Waals surface area contributed by atoms with Crippen molar-refractivity contribution < 1.29 is 23.9 Å². The van der Waals surface area contributed by atoms with E-state index in [4.69, 9.17) is 9.52 Å². The highest BCUT2D eigenvalue weighted by molar-refractivity contribution is 5.96. The Morgan fingerprint density at radius 3 is 2.42 bits per heavy atom. The van der Waals surface area contributed by atoms with E-state index in [9.17, 15) is 14.4 Å². The van der Waals surface area contributed by atoms with E-state index in [2.05, 4.69) is 16.2 Å². The van der Waals surface area contributed by atoms with Gasteiger partial charge in [0.25, 0.3) is 11.8 Å². The number of furan rings is 1. The summed E-state index contributed by atoms with van der Waals surface area (Å²) in [5.74, 6) is -1.74.